The molecule has 1 aliphatic rings. The molecular weight excluding hydrogens is 192 g/mol. The van der Waals surface area contributed by atoms with E-state index in [0.29, 0.717) is 11.0 Å². The molecule has 2 rings (SSSR count). The Morgan fingerprint density at radius 1 is 1.54 bits per heavy atom. The van der Waals surface area contributed by atoms with E-state index >= 15 is 0 Å². The van der Waals surface area contributed by atoms with Gasteiger partial charge in [0, 0.05) is 11.5 Å². The van der Waals surface area contributed by atoms with Crippen LogP contribution in [0.2, 0.25) is 0 Å². The third kappa shape index (κ3) is 1.26. The molecule has 0 spiro atoms. The van der Waals surface area contributed by atoms with Crippen LogP contribution in [0.5, 0.6) is 0 Å². The Hall–Kier alpha value is -1.50. The highest BCUT2D eigenvalue weighted by Gasteiger charge is 2.32. The van der Waals surface area contributed by atoms with E-state index in [1.165, 1.54) is 0 Å². The van der Waals surface area contributed by atoms with Crippen LogP contribution in [0.25, 0.3) is 0 Å². The van der Waals surface area contributed by atoms with Crippen LogP contribution < -0.4 is 10.2 Å². The molecule has 6 nitrogen and oxygen atoms in total. The van der Waals surface area contributed by atoms with Crippen LogP contribution in [0, 0.1) is 6.92 Å². The monoisotopic (exact) mass is 198 g/mol. The first kappa shape index (κ1) is 8.11. The third-order valence-electron chi connectivity index (χ3n) is 1.55. The number of rotatable bonds is 1. The Kier molecular flexibility index (Phi) is 1.73. The SMILES string of the molecule is Cc1nsc(N2C(=O)CNC2=O)n1. The molecule has 7 heteroatoms. The summed E-state index contributed by atoms with van der Waals surface area (Å²) < 4.78 is 3.89. The van der Waals surface area contributed by atoms with Crippen molar-refractivity contribution in [2.45, 2.75) is 6.92 Å². The highest BCUT2D eigenvalue weighted by Crippen LogP contribution is 2.18. The number of hydrogen-bond donors (Lipinski definition) is 1. The fraction of sp³-hybridized carbons (Fsp3) is 0.333. The average Bonchev–Trinajstić information content (AvgIpc) is 2.60. The molecule has 0 radical (unpaired) electrons. The quantitative estimate of drug-likeness (QED) is 0.639. The number of nitrogens with zero attached hydrogens (tertiary/aromatic N) is 3. The highest BCUT2D eigenvalue weighted by molar-refractivity contribution is 7.10. The van der Waals surface area contributed by atoms with Crippen molar-refractivity contribution in [1.29, 1.82) is 0 Å². The molecule has 0 aromatic carbocycles. The number of hydrogen-bond acceptors (Lipinski definition) is 5. The van der Waals surface area contributed by atoms with Crippen molar-refractivity contribution < 1.29 is 9.59 Å². The largest absolute Gasteiger partial charge is 0.331 e. The third-order valence-corrected chi connectivity index (χ3v) is 2.34. The molecule has 0 bridgehead atoms. The Morgan fingerprint density at radius 2 is 2.31 bits per heavy atom. The first-order valence-electron chi connectivity index (χ1n) is 3.59. The minimum absolute atomic E-state index is 0.0391. The predicted octanol–water partition coefficient (Wildman–Crippen LogP) is -0.0973. The van der Waals surface area contributed by atoms with Gasteiger partial charge in [-0.25, -0.2) is 14.7 Å². The molecule has 3 amide bonds. The summed E-state index contributed by atoms with van der Waals surface area (Å²) in [6.07, 6.45) is 0. The molecule has 0 unspecified atom stereocenters. The van der Waals surface area contributed by atoms with Gasteiger partial charge >= 0.3 is 6.03 Å². The van der Waals surface area contributed by atoms with Gasteiger partial charge in [-0.15, -0.1) is 0 Å². The second-order valence-corrected chi connectivity index (χ2v) is 3.24. The van der Waals surface area contributed by atoms with Gasteiger partial charge < -0.3 is 5.32 Å². The van der Waals surface area contributed by atoms with Crippen molar-refractivity contribution >= 4 is 28.6 Å². The summed E-state index contributed by atoms with van der Waals surface area (Å²) in [6.45, 7) is 1.75. The summed E-state index contributed by atoms with van der Waals surface area (Å²) in [5.74, 6) is 0.272. The molecule has 0 aliphatic carbocycles. The van der Waals surface area contributed by atoms with E-state index in [9.17, 15) is 9.59 Å². The minimum atomic E-state index is -0.429. The van der Waals surface area contributed by atoms with Crippen molar-refractivity contribution in [3.8, 4) is 0 Å². The summed E-state index contributed by atoms with van der Waals surface area (Å²) in [7, 11) is 0. The van der Waals surface area contributed by atoms with Gasteiger partial charge in [-0.2, -0.15) is 4.37 Å². The molecule has 1 N–H and O–H groups in total. The predicted molar refractivity (Wildman–Crippen MR) is 45.5 cm³/mol. The number of aromatic nitrogens is 2. The molecule has 68 valence electrons. The van der Waals surface area contributed by atoms with Crippen LogP contribution in [-0.2, 0) is 4.79 Å². The summed E-state index contributed by atoms with van der Waals surface area (Å²) in [5, 5.41) is 2.73. The van der Waals surface area contributed by atoms with E-state index in [4.69, 9.17) is 0 Å². The fourth-order valence-corrected chi connectivity index (χ4v) is 1.69. The van der Waals surface area contributed by atoms with Gasteiger partial charge in [0.2, 0.25) is 5.13 Å². The average molecular weight is 198 g/mol. The number of nitrogens with one attached hydrogen (secondary N) is 1. The first-order valence-corrected chi connectivity index (χ1v) is 4.37. The number of aryl methyl sites for hydroxylation is 1. The van der Waals surface area contributed by atoms with Crippen LogP contribution in [0.1, 0.15) is 5.82 Å². The lowest BCUT2D eigenvalue weighted by molar-refractivity contribution is -0.115. The van der Waals surface area contributed by atoms with E-state index in [1.54, 1.807) is 6.92 Å². The van der Waals surface area contributed by atoms with E-state index in [2.05, 4.69) is 14.7 Å². The zero-order valence-corrected chi connectivity index (χ0v) is 7.59. The number of urea groups is 1. The van der Waals surface area contributed by atoms with Gasteiger partial charge in [-0.3, -0.25) is 4.79 Å². The van der Waals surface area contributed by atoms with E-state index in [0.717, 1.165) is 16.4 Å². The molecule has 2 heterocycles. The molecule has 1 fully saturated rings. The normalized spacial score (nSPS) is 16.5. The molecule has 0 saturated carbocycles. The van der Waals surface area contributed by atoms with Gasteiger partial charge in [0.1, 0.15) is 5.82 Å². The van der Waals surface area contributed by atoms with E-state index in [1.807, 2.05) is 0 Å². The summed E-state index contributed by atoms with van der Waals surface area (Å²) in [4.78, 5) is 27.3. The van der Waals surface area contributed by atoms with Crippen molar-refractivity contribution in [2.24, 2.45) is 0 Å². The van der Waals surface area contributed by atoms with Gasteiger partial charge in [-0.05, 0) is 6.92 Å². The second-order valence-electron chi connectivity index (χ2n) is 2.51. The van der Waals surface area contributed by atoms with Crippen molar-refractivity contribution in [3.05, 3.63) is 5.82 Å². The van der Waals surface area contributed by atoms with Gasteiger partial charge in [0.15, 0.2) is 0 Å². The molecule has 0 atom stereocenters. The van der Waals surface area contributed by atoms with E-state index < -0.39 is 6.03 Å². The zero-order valence-electron chi connectivity index (χ0n) is 6.77. The first-order chi connectivity index (χ1) is 6.18. The molecule has 1 saturated heterocycles. The Bertz CT molecular complexity index is 358. The summed E-state index contributed by atoms with van der Waals surface area (Å²) >= 11 is 1.04. The maximum Gasteiger partial charge on any atom is 0.331 e. The number of imide groups is 1. The standard InChI is InChI=1S/C6H6N4O2S/c1-3-8-6(13-9-3)10-4(11)2-7-5(10)12/h2H2,1H3,(H,7,12). The van der Waals surface area contributed by atoms with Crippen LogP contribution in [0.4, 0.5) is 9.93 Å². The van der Waals surface area contributed by atoms with E-state index in [-0.39, 0.29) is 12.5 Å². The smallest absolute Gasteiger partial charge is 0.328 e. The second kappa shape index (κ2) is 2.77. The van der Waals surface area contributed by atoms with Crippen LogP contribution >= 0.6 is 11.5 Å². The van der Waals surface area contributed by atoms with Crippen molar-refractivity contribution in [2.75, 3.05) is 11.4 Å². The number of amides is 3. The highest BCUT2D eigenvalue weighted by atomic mass is 32.1. The summed E-state index contributed by atoms with van der Waals surface area (Å²) in [6, 6.07) is -0.429. The number of carbonyl (C=O) groups excluding carboxylic acids is 2. The van der Waals surface area contributed by atoms with Gasteiger partial charge in [0.05, 0.1) is 6.54 Å². The maximum absolute atomic E-state index is 11.2. The molecule has 1 aliphatic heterocycles. The minimum Gasteiger partial charge on any atom is -0.328 e. The lowest BCUT2D eigenvalue weighted by atomic mass is 10.6. The number of carbonyl (C=O) groups is 2. The van der Waals surface area contributed by atoms with Crippen molar-refractivity contribution in [1.82, 2.24) is 14.7 Å². The molecule has 13 heavy (non-hydrogen) atoms. The van der Waals surface area contributed by atoms with Crippen LogP contribution in [-0.4, -0.2) is 27.8 Å². The van der Waals surface area contributed by atoms with Crippen molar-refractivity contribution in [3.63, 3.8) is 0 Å². The zero-order chi connectivity index (χ0) is 9.42. The van der Waals surface area contributed by atoms with Gasteiger partial charge in [0.25, 0.3) is 5.91 Å². The van der Waals surface area contributed by atoms with Gasteiger partial charge in [-0.1, -0.05) is 0 Å². The molecule has 1 aromatic rings. The lowest BCUT2D eigenvalue weighted by Gasteiger charge is -2.05. The Balaban J connectivity index is 2.35. The maximum atomic E-state index is 11.2. The number of anilines is 1. The fourth-order valence-electron chi connectivity index (χ4n) is 0.993. The van der Waals surface area contributed by atoms with Crippen LogP contribution in [0.3, 0.4) is 0 Å². The lowest BCUT2D eigenvalue weighted by Crippen LogP contribution is -2.30. The summed E-state index contributed by atoms with van der Waals surface area (Å²) in [5.41, 5.74) is 0. The molecule has 1 aromatic heterocycles. The Morgan fingerprint density at radius 3 is 2.77 bits per heavy atom. The van der Waals surface area contributed by atoms with Crippen LogP contribution in [0.15, 0.2) is 0 Å². The molecular formula is C6H6N4O2S. The topological polar surface area (TPSA) is 75.2 Å². The Labute approximate surface area is 77.7 Å².